The number of benzene rings is 2. The fourth-order valence-corrected chi connectivity index (χ4v) is 3.16. The summed E-state index contributed by atoms with van der Waals surface area (Å²) in [5.74, 6) is -0.475. The molecular weight excluding hydrogens is 345 g/mol. The minimum absolute atomic E-state index is 0.104. The van der Waals surface area contributed by atoms with Crippen LogP contribution in [0.5, 0.6) is 0 Å². The smallest absolute Gasteiger partial charge is 0.254 e. The Bertz CT molecular complexity index is 847. The molecular formula is C22H24FNO3. The third-order valence-corrected chi connectivity index (χ3v) is 4.68. The van der Waals surface area contributed by atoms with Crippen LogP contribution in [0.25, 0.3) is 5.57 Å². The Balaban J connectivity index is 1.67. The van der Waals surface area contributed by atoms with Gasteiger partial charge in [0, 0.05) is 31.3 Å². The predicted molar refractivity (Wildman–Crippen MR) is 103 cm³/mol. The highest BCUT2D eigenvalue weighted by atomic mass is 19.1. The number of aryl methyl sites for hydroxylation is 1. The molecule has 0 saturated carbocycles. The molecule has 0 radical (unpaired) electrons. The van der Waals surface area contributed by atoms with Gasteiger partial charge < -0.3 is 14.4 Å². The number of rotatable bonds is 7. The number of nitrogens with zero attached hydrogens (tertiary/aromatic N) is 1. The minimum atomic E-state index is -0.371. The van der Waals surface area contributed by atoms with E-state index < -0.39 is 0 Å². The number of carbonyl (C=O) groups excluding carboxylic acids is 1. The number of carbonyl (C=O) groups is 1. The second-order valence-corrected chi connectivity index (χ2v) is 6.58. The fourth-order valence-electron chi connectivity index (χ4n) is 3.16. The first-order valence-corrected chi connectivity index (χ1v) is 8.99. The SMILES string of the molecule is COCCOCc1cc(C(=O)N2CC=C(c3ccccc3C)C2)ccc1F. The van der Waals surface area contributed by atoms with E-state index in [-0.39, 0.29) is 18.3 Å². The van der Waals surface area contributed by atoms with Gasteiger partial charge in [-0.1, -0.05) is 30.3 Å². The summed E-state index contributed by atoms with van der Waals surface area (Å²) in [6.45, 7) is 4.12. The van der Waals surface area contributed by atoms with Crippen molar-refractivity contribution in [1.82, 2.24) is 4.90 Å². The average molecular weight is 369 g/mol. The number of hydrogen-bond acceptors (Lipinski definition) is 3. The van der Waals surface area contributed by atoms with Crippen LogP contribution in [0.1, 0.15) is 27.0 Å². The molecule has 0 aromatic heterocycles. The maximum atomic E-state index is 14.0. The van der Waals surface area contributed by atoms with Crippen LogP contribution in [0.4, 0.5) is 4.39 Å². The molecule has 0 bridgehead atoms. The van der Waals surface area contributed by atoms with Gasteiger partial charge >= 0.3 is 0 Å². The molecule has 0 saturated heterocycles. The first kappa shape index (κ1) is 19.3. The summed E-state index contributed by atoms with van der Waals surface area (Å²) in [5.41, 5.74) is 4.35. The van der Waals surface area contributed by atoms with Crippen molar-refractivity contribution in [2.45, 2.75) is 13.5 Å². The molecule has 0 spiro atoms. The van der Waals surface area contributed by atoms with Gasteiger partial charge in [-0.05, 0) is 41.8 Å². The second kappa shape index (κ2) is 8.93. The van der Waals surface area contributed by atoms with Crippen molar-refractivity contribution in [3.63, 3.8) is 0 Å². The molecule has 1 heterocycles. The zero-order valence-corrected chi connectivity index (χ0v) is 15.7. The summed E-state index contributed by atoms with van der Waals surface area (Å²) in [4.78, 5) is 14.6. The van der Waals surface area contributed by atoms with Gasteiger partial charge in [0.1, 0.15) is 5.82 Å². The third-order valence-electron chi connectivity index (χ3n) is 4.68. The molecule has 0 fully saturated rings. The number of amides is 1. The molecule has 27 heavy (non-hydrogen) atoms. The van der Waals surface area contributed by atoms with Crippen LogP contribution in [0.3, 0.4) is 0 Å². The monoisotopic (exact) mass is 369 g/mol. The molecule has 2 aromatic rings. The van der Waals surface area contributed by atoms with Gasteiger partial charge in [0.2, 0.25) is 0 Å². The van der Waals surface area contributed by atoms with Gasteiger partial charge in [0.15, 0.2) is 0 Å². The lowest BCUT2D eigenvalue weighted by molar-refractivity contribution is 0.0603. The lowest BCUT2D eigenvalue weighted by Crippen LogP contribution is -2.29. The van der Waals surface area contributed by atoms with Crippen molar-refractivity contribution >= 4 is 11.5 Å². The first-order chi connectivity index (χ1) is 13.1. The molecule has 0 aliphatic carbocycles. The Morgan fingerprint density at radius 3 is 2.78 bits per heavy atom. The summed E-state index contributed by atoms with van der Waals surface area (Å²) in [5, 5.41) is 0. The maximum Gasteiger partial charge on any atom is 0.254 e. The van der Waals surface area contributed by atoms with Gasteiger partial charge in [-0.25, -0.2) is 4.39 Å². The zero-order chi connectivity index (χ0) is 19.2. The molecule has 142 valence electrons. The minimum Gasteiger partial charge on any atom is -0.382 e. The van der Waals surface area contributed by atoms with E-state index in [1.54, 1.807) is 18.1 Å². The van der Waals surface area contributed by atoms with Crippen molar-refractivity contribution in [1.29, 1.82) is 0 Å². The molecule has 1 amide bonds. The molecule has 1 aliphatic heterocycles. The predicted octanol–water partition coefficient (Wildman–Crippen LogP) is 3.84. The van der Waals surface area contributed by atoms with Crippen LogP contribution in [0.2, 0.25) is 0 Å². The van der Waals surface area contributed by atoms with E-state index in [9.17, 15) is 9.18 Å². The Labute approximate surface area is 159 Å². The van der Waals surface area contributed by atoms with Crippen LogP contribution in [-0.2, 0) is 16.1 Å². The normalized spacial score (nSPS) is 13.7. The number of halogens is 1. The highest BCUT2D eigenvalue weighted by molar-refractivity contribution is 5.96. The molecule has 4 nitrogen and oxygen atoms in total. The highest BCUT2D eigenvalue weighted by Crippen LogP contribution is 2.25. The van der Waals surface area contributed by atoms with Gasteiger partial charge in [-0.2, -0.15) is 0 Å². The van der Waals surface area contributed by atoms with E-state index in [4.69, 9.17) is 9.47 Å². The maximum absolute atomic E-state index is 14.0. The van der Waals surface area contributed by atoms with E-state index in [0.29, 0.717) is 37.4 Å². The van der Waals surface area contributed by atoms with Crippen molar-refractivity contribution in [2.24, 2.45) is 0 Å². The van der Waals surface area contributed by atoms with Crippen molar-refractivity contribution < 1.29 is 18.7 Å². The Kier molecular flexibility index (Phi) is 6.37. The standard InChI is InChI=1S/C22H24FNO3/c1-16-5-3-4-6-20(16)18-9-10-24(14-18)22(25)17-7-8-21(23)19(13-17)15-27-12-11-26-2/h3-9,13H,10-12,14-15H2,1-2H3. The van der Waals surface area contributed by atoms with Crippen molar-refractivity contribution in [3.8, 4) is 0 Å². The van der Waals surface area contributed by atoms with E-state index >= 15 is 0 Å². The number of hydrogen-bond donors (Lipinski definition) is 0. The quantitative estimate of drug-likeness (QED) is 0.696. The molecule has 0 unspecified atom stereocenters. The third kappa shape index (κ3) is 4.62. The second-order valence-electron chi connectivity index (χ2n) is 6.58. The summed E-state index contributed by atoms with van der Waals surface area (Å²) in [7, 11) is 1.58. The molecule has 1 aliphatic rings. The van der Waals surface area contributed by atoms with Crippen LogP contribution in [-0.4, -0.2) is 44.2 Å². The van der Waals surface area contributed by atoms with Crippen molar-refractivity contribution in [2.75, 3.05) is 33.4 Å². The van der Waals surface area contributed by atoms with E-state index in [0.717, 1.165) is 5.57 Å². The molecule has 0 N–H and O–H groups in total. The van der Waals surface area contributed by atoms with Crippen LogP contribution >= 0.6 is 0 Å². The molecule has 5 heteroatoms. The summed E-state index contributed by atoms with van der Waals surface area (Å²) in [6.07, 6.45) is 2.08. The highest BCUT2D eigenvalue weighted by Gasteiger charge is 2.23. The molecule has 3 rings (SSSR count). The summed E-state index contributed by atoms with van der Waals surface area (Å²) < 4.78 is 24.3. The van der Waals surface area contributed by atoms with Crippen molar-refractivity contribution in [3.05, 3.63) is 76.6 Å². The number of methoxy groups -OCH3 is 1. The number of ether oxygens (including phenoxy) is 2. The lowest BCUT2D eigenvalue weighted by Gasteiger charge is -2.18. The molecule has 2 aromatic carbocycles. The van der Waals surface area contributed by atoms with Gasteiger partial charge in [0.25, 0.3) is 5.91 Å². The Morgan fingerprint density at radius 2 is 2.00 bits per heavy atom. The van der Waals surface area contributed by atoms with Gasteiger partial charge in [-0.15, -0.1) is 0 Å². The topological polar surface area (TPSA) is 38.8 Å². The Morgan fingerprint density at radius 1 is 1.19 bits per heavy atom. The average Bonchev–Trinajstić information content (AvgIpc) is 3.16. The molecule has 0 atom stereocenters. The van der Waals surface area contributed by atoms with Gasteiger partial charge in [-0.3, -0.25) is 4.79 Å². The first-order valence-electron chi connectivity index (χ1n) is 8.99. The van der Waals surface area contributed by atoms with Crippen LogP contribution < -0.4 is 0 Å². The zero-order valence-electron chi connectivity index (χ0n) is 15.7. The van der Waals surface area contributed by atoms with E-state index in [2.05, 4.69) is 25.1 Å². The summed E-state index contributed by atoms with van der Waals surface area (Å²) in [6, 6.07) is 12.6. The van der Waals surface area contributed by atoms with E-state index in [1.807, 2.05) is 12.1 Å². The summed E-state index contributed by atoms with van der Waals surface area (Å²) >= 11 is 0. The van der Waals surface area contributed by atoms with E-state index in [1.165, 1.54) is 23.3 Å². The lowest BCUT2D eigenvalue weighted by atomic mass is 10.0. The fraction of sp³-hybridized carbons (Fsp3) is 0.318. The van der Waals surface area contributed by atoms with Crippen LogP contribution in [0, 0.1) is 12.7 Å². The Hall–Kier alpha value is -2.50. The van der Waals surface area contributed by atoms with Crippen LogP contribution in [0.15, 0.2) is 48.5 Å². The largest absolute Gasteiger partial charge is 0.382 e. The van der Waals surface area contributed by atoms with Gasteiger partial charge in [0.05, 0.1) is 19.8 Å².